The van der Waals surface area contributed by atoms with Gasteiger partial charge in [0.1, 0.15) is 5.75 Å². The van der Waals surface area contributed by atoms with E-state index in [1.807, 2.05) is 31.2 Å². The zero-order chi connectivity index (χ0) is 20.9. The molecular weight excluding hydrogens is 388 g/mol. The van der Waals surface area contributed by atoms with Gasteiger partial charge >= 0.3 is 0 Å². The van der Waals surface area contributed by atoms with E-state index in [1.165, 1.54) is 22.9 Å². The van der Waals surface area contributed by atoms with Crippen LogP contribution in [0.25, 0.3) is 0 Å². The molecule has 1 aliphatic rings. The first kappa shape index (κ1) is 21.3. The molecule has 2 aromatic rings. The van der Waals surface area contributed by atoms with Crippen LogP contribution < -0.4 is 10.1 Å². The second-order valence-electron chi connectivity index (χ2n) is 7.44. The van der Waals surface area contributed by atoms with Gasteiger partial charge in [-0.1, -0.05) is 37.5 Å². The van der Waals surface area contributed by atoms with Gasteiger partial charge < -0.3 is 10.1 Å². The molecule has 6 nitrogen and oxygen atoms in total. The van der Waals surface area contributed by atoms with E-state index in [-0.39, 0.29) is 23.5 Å². The Balaban J connectivity index is 1.59. The third-order valence-corrected chi connectivity index (χ3v) is 7.28. The molecular formula is C22H28N2O4S. The summed E-state index contributed by atoms with van der Waals surface area (Å²) in [5.41, 5.74) is 1.49. The number of amides is 1. The number of nitrogens with zero attached hydrogens (tertiary/aromatic N) is 1. The van der Waals surface area contributed by atoms with Gasteiger partial charge in [-0.2, -0.15) is 4.31 Å². The first-order valence-electron chi connectivity index (χ1n) is 9.94. The van der Waals surface area contributed by atoms with Crippen LogP contribution in [0.1, 0.15) is 37.7 Å². The minimum atomic E-state index is -3.54. The molecule has 0 radical (unpaired) electrons. The summed E-state index contributed by atoms with van der Waals surface area (Å²) in [5, 5.41) is 2.73. The minimum Gasteiger partial charge on any atom is -0.483 e. The number of rotatable bonds is 7. The molecule has 0 heterocycles. The van der Waals surface area contributed by atoms with Crippen molar-refractivity contribution in [2.24, 2.45) is 0 Å². The number of sulfonamides is 1. The molecule has 1 amide bonds. The molecule has 0 atom stereocenters. The fourth-order valence-electron chi connectivity index (χ4n) is 3.58. The number of nitrogens with one attached hydrogen (secondary N) is 1. The van der Waals surface area contributed by atoms with E-state index in [1.54, 1.807) is 19.2 Å². The summed E-state index contributed by atoms with van der Waals surface area (Å²) in [6.45, 7) is 1.80. The van der Waals surface area contributed by atoms with Crippen molar-refractivity contribution in [3.8, 4) is 5.75 Å². The van der Waals surface area contributed by atoms with Crippen LogP contribution in [0.4, 0.5) is 5.69 Å². The highest BCUT2D eigenvalue weighted by molar-refractivity contribution is 7.89. The molecule has 0 unspecified atom stereocenters. The number of benzene rings is 2. The Bertz CT molecular complexity index is 936. The van der Waals surface area contributed by atoms with Crippen molar-refractivity contribution in [1.29, 1.82) is 0 Å². The van der Waals surface area contributed by atoms with Crippen molar-refractivity contribution in [2.45, 2.75) is 50.0 Å². The van der Waals surface area contributed by atoms with E-state index in [2.05, 4.69) is 5.32 Å². The average molecular weight is 417 g/mol. The van der Waals surface area contributed by atoms with Crippen molar-refractivity contribution in [3.05, 3.63) is 54.1 Å². The highest BCUT2D eigenvalue weighted by atomic mass is 32.2. The summed E-state index contributed by atoms with van der Waals surface area (Å²) in [6, 6.07) is 13.8. The predicted molar refractivity (Wildman–Crippen MR) is 114 cm³/mol. The van der Waals surface area contributed by atoms with Gasteiger partial charge in [0.2, 0.25) is 10.0 Å². The quantitative estimate of drug-likeness (QED) is 0.741. The Kier molecular flexibility index (Phi) is 6.92. The molecule has 0 saturated heterocycles. The van der Waals surface area contributed by atoms with Gasteiger partial charge in [0.25, 0.3) is 5.91 Å². The third-order valence-electron chi connectivity index (χ3n) is 5.36. The van der Waals surface area contributed by atoms with Crippen LogP contribution in [0.3, 0.4) is 0 Å². The normalized spacial score (nSPS) is 15.3. The minimum absolute atomic E-state index is 0.0618. The lowest BCUT2D eigenvalue weighted by Crippen LogP contribution is -2.38. The molecule has 1 saturated carbocycles. The molecule has 0 aliphatic heterocycles. The predicted octanol–water partition coefficient (Wildman–Crippen LogP) is 3.97. The number of ether oxygens (including phenoxy) is 1. The maximum absolute atomic E-state index is 12.9. The Hall–Kier alpha value is -2.38. The Morgan fingerprint density at radius 1 is 1.07 bits per heavy atom. The van der Waals surface area contributed by atoms with Crippen molar-refractivity contribution >= 4 is 21.6 Å². The number of hydrogen-bond donors (Lipinski definition) is 1. The fraction of sp³-hybridized carbons (Fsp3) is 0.409. The summed E-state index contributed by atoms with van der Waals surface area (Å²) < 4.78 is 32.8. The Morgan fingerprint density at radius 2 is 1.72 bits per heavy atom. The van der Waals surface area contributed by atoms with Crippen LogP contribution in [-0.2, 0) is 14.8 Å². The van der Waals surface area contributed by atoms with E-state index in [0.29, 0.717) is 11.4 Å². The van der Waals surface area contributed by atoms with Gasteiger partial charge in [-0.3, -0.25) is 4.79 Å². The maximum atomic E-state index is 12.9. The van der Waals surface area contributed by atoms with Gasteiger partial charge in [0, 0.05) is 18.8 Å². The lowest BCUT2D eigenvalue weighted by molar-refractivity contribution is -0.118. The highest BCUT2D eigenvalue weighted by Crippen LogP contribution is 2.27. The van der Waals surface area contributed by atoms with Crippen LogP contribution in [0.15, 0.2) is 53.4 Å². The van der Waals surface area contributed by atoms with Crippen LogP contribution >= 0.6 is 0 Å². The molecule has 2 aromatic carbocycles. The van der Waals surface area contributed by atoms with Gasteiger partial charge in [-0.15, -0.1) is 0 Å². The van der Waals surface area contributed by atoms with Crippen molar-refractivity contribution in [2.75, 3.05) is 19.0 Å². The van der Waals surface area contributed by atoms with Crippen molar-refractivity contribution < 1.29 is 17.9 Å². The first-order chi connectivity index (χ1) is 13.9. The molecule has 1 fully saturated rings. The topological polar surface area (TPSA) is 75.7 Å². The van der Waals surface area contributed by atoms with Gasteiger partial charge in [0.05, 0.1) is 4.90 Å². The second-order valence-corrected chi connectivity index (χ2v) is 9.44. The van der Waals surface area contributed by atoms with Gasteiger partial charge in [-0.05, 0) is 55.7 Å². The lowest BCUT2D eigenvalue weighted by Gasteiger charge is -2.30. The van der Waals surface area contributed by atoms with Crippen LogP contribution in [-0.4, -0.2) is 38.3 Å². The van der Waals surface area contributed by atoms with E-state index >= 15 is 0 Å². The number of hydrogen-bond acceptors (Lipinski definition) is 4. The van der Waals surface area contributed by atoms with Crippen molar-refractivity contribution in [1.82, 2.24) is 4.31 Å². The molecule has 1 aliphatic carbocycles. The number of carbonyl (C=O) groups is 1. The summed E-state index contributed by atoms with van der Waals surface area (Å²) in [5.74, 6) is 0.359. The summed E-state index contributed by atoms with van der Waals surface area (Å²) in [4.78, 5) is 12.4. The number of anilines is 1. The van der Waals surface area contributed by atoms with E-state index in [4.69, 9.17) is 4.74 Å². The molecule has 7 heteroatoms. The summed E-state index contributed by atoms with van der Waals surface area (Å²) in [6.07, 6.45) is 5.13. The molecule has 156 valence electrons. The number of para-hydroxylation sites is 1. The lowest BCUT2D eigenvalue weighted by atomic mass is 9.96. The number of carbonyl (C=O) groups excluding carboxylic acids is 1. The van der Waals surface area contributed by atoms with Gasteiger partial charge in [-0.25, -0.2) is 8.42 Å². The largest absolute Gasteiger partial charge is 0.483 e. The zero-order valence-electron chi connectivity index (χ0n) is 16.9. The first-order valence-corrected chi connectivity index (χ1v) is 11.4. The van der Waals surface area contributed by atoms with Crippen LogP contribution in [0, 0.1) is 6.92 Å². The molecule has 1 N–H and O–H groups in total. The maximum Gasteiger partial charge on any atom is 0.262 e. The third kappa shape index (κ3) is 5.36. The highest BCUT2D eigenvalue weighted by Gasteiger charge is 2.28. The average Bonchev–Trinajstić information content (AvgIpc) is 2.73. The zero-order valence-corrected chi connectivity index (χ0v) is 17.7. The monoisotopic (exact) mass is 416 g/mol. The van der Waals surface area contributed by atoms with Crippen molar-refractivity contribution in [3.63, 3.8) is 0 Å². The Labute approximate surface area is 172 Å². The smallest absolute Gasteiger partial charge is 0.262 e. The second kappa shape index (κ2) is 9.41. The Morgan fingerprint density at radius 3 is 2.38 bits per heavy atom. The molecule has 0 bridgehead atoms. The number of aryl methyl sites for hydroxylation is 1. The molecule has 3 rings (SSSR count). The molecule has 29 heavy (non-hydrogen) atoms. The SMILES string of the molecule is Cc1ccccc1OCC(=O)Nc1ccc(S(=O)(=O)N(C)C2CCCCC2)cc1. The van der Waals surface area contributed by atoms with Crippen LogP contribution in [0.5, 0.6) is 5.75 Å². The van der Waals surface area contributed by atoms with E-state index < -0.39 is 10.0 Å². The summed E-state index contributed by atoms with van der Waals surface area (Å²) in [7, 11) is -1.88. The van der Waals surface area contributed by atoms with Crippen LogP contribution in [0.2, 0.25) is 0 Å². The van der Waals surface area contributed by atoms with E-state index in [9.17, 15) is 13.2 Å². The molecule has 0 aromatic heterocycles. The standard InChI is InChI=1S/C22H28N2O4S/c1-17-8-6-7-11-21(17)28-16-22(25)23-18-12-14-20(15-13-18)29(26,27)24(2)19-9-4-3-5-10-19/h6-8,11-15,19H,3-5,9-10,16H2,1-2H3,(H,23,25). The summed E-state index contributed by atoms with van der Waals surface area (Å²) >= 11 is 0. The molecule has 0 spiro atoms. The van der Waals surface area contributed by atoms with E-state index in [0.717, 1.165) is 31.2 Å². The van der Waals surface area contributed by atoms with Gasteiger partial charge in [0.15, 0.2) is 6.61 Å². The fourth-order valence-corrected chi connectivity index (χ4v) is 4.99.